The van der Waals surface area contributed by atoms with E-state index in [1.54, 1.807) is 0 Å². The molecule has 1 fully saturated rings. The van der Waals surface area contributed by atoms with Gasteiger partial charge in [0, 0.05) is 32.6 Å². The second kappa shape index (κ2) is 9.04. The van der Waals surface area contributed by atoms with Gasteiger partial charge in [0.25, 0.3) is 0 Å². The predicted molar refractivity (Wildman–Crippen MR) is 108 cm³/mol. The van der Waals surface area contributed by atoms with Crippen LogP contribution in [-0.2, 0) is 24.2 Å². The molecule has 152 valence electrons. The van der Waals surface area contributed by atoms with E-state index >= 15 is 0 Å². The Hall–Kier alpha value is -1.63. The number of hydrogen-bond acceptors (Lipinski definition) is 4. The maximum atomic E-state index is 6.15. The Morgan fingerprint density at radius 3 is 2.63 bits per heavy atom. The number of likely N-dealkylation sites (tertiary alicyclic amines) is 1. The van der Waals surface area contributed by atoms with Crippen LogP contribution >= 0.6 is 0 Å². The van der Waals surface area contributed by atoms with Gasteiger partial charge in [0.1, 0.15) is 12.4 Å². The number of fused-ring (bicyclic) bond motifs is 1. The van der Waals surface area contributed by atoms with Crippen molar-refractivity contribution in [2.45, 2.75) is 91.0 Å². The van der Waals surface area contributed by atoms with E-state index in [0.29, 0.717) is 12.6 Å². The average Bonchev–Trinajstić information content (AvgIpc) is 2.84. The average molecular weight is 377 g/mol. The molecule has 0 amide bonds. The van der Waals surface area contributed by atoms with Crippen LogP contribution in [0.1, 0.15) is 71.4 Å². The highest BCUT2D eigenvalue weighted by atomic mass is 16.5. The number of hydrogen-bond donors (Lipinski definition) is 1. The van der Waals surface area contributed by atoms with Crippen molar-refractivity contribution in [1.29, 1.82) is 0 Å². The van der Waals surface area contributed by atoms with E-state index in [2.05, 4.69) is 52.7 Å². The van der Waals surface area contributed by atoms with E-state index in [4.69, 9.17) is 9.73 Å². The molecule has 0 unspecified atom stereocenters. The Bertz CT molecular complexity index is 625. The first-order chi connectivity index (χ1) is 13.0. The summed E-state index contributed by atoms with van der Waals surface area (Å²) in [6, 6.07) is 0. The van der Waals surface area contributed by atoms with Gasteiger partial charge in [0.15, 0.2) is 11.8 Å². The molecular weight excluding hydrogens is 340 g/mol. The molecule has 2 aliphatic heterocycles. The summed E-state index contributed by atoms with van der Waals surface area (Å²) in [6.07, 6.45) is 7.18. The Balaban J connectivity index is 1.62. The van der Waals surface area contributed by atoms with E-state index in [0.717, 1.165) is 63.0 Å². The molecule has 3 heterocycles. The van der Waals surface area contributed by atoms with Crippen LogP contribution in [0.25, 0.3) is 0 Å². The first-order valence-electron chi connectivity index (χ1n) is 10.6. The molecule has 7 nitrogen and oxygen atoms in total. The lowest BCUT2D eigenvalue weighted by Crippen LogP contribution is -2.47. The molecule has 0 radical (unpaired) electrons. The van der Waals surface area contributed by atoms with Crippen LogP contribution in [0.15, 0.2) is 4.99 Å². The number of guanidine groups is 1. The zero-order chi connectivity index (χ0) is 19.3. The lowest BCUT2D eigenvalue weighted by Gasteiger charge is -2.37. The van der Waals surface area contributed by atoms with Crippen LogP contribution in [0.4, 0.5) is 0 Å². The third-order valence-electron chi connectivity index (χ3n) is 5.15. The Morgan fingerprint density at radius 1 is 1.15 bits per heavy atom. The predicted octanol–water partition coefficient (Wildman–Crippen LogP) is 2.75. The number of nitrogens with zero attached hydrogens (tertiary/aromatic N) is 5. The van der Waals surface area contributed by atoms with Crippen molar-refractivity contribution >= 4 is 5.96 Å². The van der Waals surface area contributed by atoms with Crippen molar-refractivity contribution in [2.24, 2.45) is 4.99 Å². The second-order valence-electron chi connectivity index (χ2n) is 8.58. The summed E-state index contributed by atoms with van der Waals surface area (Å²) in [5.41, 5.74) is -0.0725. The quantitative estimate of drug-likeness (QED) is 0.646. The molecular formula is C20H36N6O. The summed E-state index contributed by atoms with van der Waals surface area (Å²) in [7, 11) is 0. The topological polar surface area (TPSA) is 67.6 Å². The Kier molecular flexibility index (Phi) is 6.73. The van der Waals surface area contributed by atoms with Gasteiger partial charge in [-0.15, -0.1) is 10.2 Å². The smallest absolute Gasteiger partial charge is 0.194 e. The van der Waals surface area contributed by atoms with Gasteiger partial charge >= 0.3 is 0 Å². The van der Waals surface area contributed by atoms with Crippen LogP contribution in [0.3, 0.4) is 0 Å². The van der Waals surface area contributed by atoms with Gasteiger partial charge in [-0.1, -0.05) is 6.42 Å². The SMILES string of the molecule is CCNC(=NCc1nnc2n1CCCCC2)N1CCC(OC(C)(C)C)CC1. The molecule has 1 aromatic rings. The normalized spacial score (nSPS) is 19.7. The van der Waals surface area contributed by atoms with E-state index in [-0.39, 0.29) is 5.60 Å². The minimum atomic E-state index is -0.0725. The van der Waals surface area contributed by atoms with Crippen molar-refractivity contribution in [3.8, 4) is 0 Å². The van der Waals surface area contributed by atoms with Crippen molar-refractivity contribution < 1.29 is 4.74 Å². The van der Waals surface area contributed by atoms with Gasteiger partial charge < -0.3 is 19.5 Å². The third-order valence-corrected chi connectivity index (χ3v) is 5.15. The van der Waals surface area contributed by atoms with Crippen molar-refractivity contribution in [1.82, 2.24) is 25.0 Å². The molecule has 0 aliphatic carbocycles. The fourth-order valence-electron chi connectivity index (χ4n) is 3.92. The number of aromatic nitrogens is 3. The summed E-state index contributed by atoms with van der Waals surface area (Å²) in [5.74, 6) is 3.11. The molecule has 1 saturated heterocycles. The van der Waals surface area contributed by atoms with Gasteiger partial charge in [-0.3, -0.25) is 0 Å². The summed E-state index contributed by atoms with van der Waals surface area (Å²) in [6.45, 7) is 13.0. The molecule has 0 bridgehead atoms. The second-order valence-corrected chi connectivity index (χ2v) is 8.58. The largest absolute Gasteiger partial charge is 0.372 e. The van der Waals surface area contributed by atoms with E-state index in [1.165, 1.54) is 19.3 Å². The van der Waals surface area contributed by atoms with E-state index < -0.39 is 0 Å². The minimum Gasteiger partial charge on any atom is -0.372 e. The lowest BCUT2D eigenvalue weighted by molar-refractivity contribution is -0.0772. The monoisotopic (exact) mass is 376 g/mol. The first kappa shape index (κ1) is 20.1. The number of nitrogens with one attached hydrogen (secondary N) is 1. The molecule has 0 saturated carbocycles. The molecule has 27 heavy (non-hydrogen) atoms. The van der Waals surface area contributed by atoms with Gasteiger partial charge in [0.05, 0.1) is 11.7 Å². The number of rotatable bonds is 4. The molecule has 0 aromatic carbocycles. The standard InChI is InChI=1S/C20H36N6O/c1-5-21-19(25-13-10-16(11-14-25)27-20(2,3)4)22-15-18-24-23-17-9-7-6-8-12-26(17)18/h16H,5-15H2,1-4H3,(H,21,22). The van der Waals surface area contributed by atoms with Crippen molar-refractivity contribution in [3.05, 3.63) is 11.6 Å². The van der Waals surface area contributed by atoms with Gasteiger partial charge in [-0.2, -0.15) is 0 Å². The summed E-state index contributed by atoms with van der Waals surface area (Å²) in [5, 5.41) is 12.2. The molecule has 3 rings (SSSR count). The van der Waals surface area contributed by atoms with E-state index in [9.17, 15) is 0 Å². The summed E-state index contributed by atoms with van der Waals surface area (Å²) < 4.78 is 8.43. The summed E-state index contributed by atoms with van der Waals surface area (Å²) >= 11 is 0. The number of ether oxygens (including phenoxy) is 1. The van der Waals surface area contributed by atoms with Crippen LogP contribution in [0, 0.1) is 0 Å². The molecule has 2 aliphatic rings. The van der Waals surface area contributed by atoms with E-state index in [1.807, 2.05) is 0 Å². The fraction of sp³-hybridized carbons (Fsp3) is 0.850. The third kappa shape index (κ3) is 5.67. The molecule has 0 spiro atoms. The van der Waals surface area contributed by atoms with Crippen LogP contribution in [0.2, 0.25) is 0 Å². The van der Waals surface area contributed by atoms with Crippen LogP contribution in [-0.4, -0.2) is 57.0 Å². The Labute approximate surface area is 163 Å². The molecule has 0 atom stereocenters. The molecule has 1 N–H and O–H groups in total. The van der Waals surface area contributed by atoms with Gasteiger partial charge in [-0.05, 0) is 53.4 Å². The molecule has 7 heteroatoms. The van der Waals surface area contributed by atoms with Gasteiger partial charge in [-0.25, -0.2) is 4.99 Å². The van der Waals surface area contributed by atoms with Crippen LogP contribution in [0.5, 0.6) is 0 Å². The highest BCUT2D eigenvalue weighted by molar-refractivity contribution is 5.80. The number of aliphatic imine (C=N–C) groups is 1. The van der Waals surface area contributed by atoms with Crippen molar-refractivity contribution in [2.75, 3.05) is 19.6 Å². The Morgan fingerprint density at radius 2 is 1.93 bits per heavy atom. The first-order valence-corrected chi connectivity index (χ1v) is 10.6. The van der Waals surface area contributed by atoms with Gasteiger partial charge in [0.2, 0.25) is 0 Å². The number of piperidine rings is 1. The zero-order valence-corrected chi connectivity index (χ0v) is 17.5. The summed E-state index contributed by atoms with van der Waals surface area (Å²) in [4.78, 5) is 7.24. The maximum Gasteiger partial charge on any atom is 0.194 e. The lowest BCUT2D eigenvalue weighted by atomic mass is 10.1. The highest BCUT2D eigenvalue weighted by Gasteiger charge is 2.25. The van der Waals surface area contributed by atoms with Crippen LogP contribution < -0.4 is 5.32 Å². The fourth-order valence-corrected chi connectivity index (χ4v) is 3.92. The maximum absolute atomic E-state index is 6.15. The zero-order valence-electron chi connectivity index (χ0n) is 17.5. The van der Waals surface area contributed by atoms with Crippen molar-refractivity contribution in [3.63, 3.8) is 0 Å². The highest BCUT2D eigenvalue weighted by Crippen LogP contribution is 2.20. The molecule has 1 aromatic heterocycles. The number of aryl methyl sites for hydroxylation is 1. The minimum absolute atomic E-state index is 0.0725.